The molecule has 108 valence electrons. The molecule has 0 aliphatic carbocycles. The van der Waals surface area contributed by atoms with Gasteiger partial charge in [-0.15, -0.1) is 0 Å². The summed E-state index contributed by atoms with van der Waals surface area (Å²) in [5, 5.41) is 14.1. The first-order valence-electron chi connectivity index (χ1n) is 7.02. The Morgan fingerprint density at radius 3 is 3.00 bits per heavy atom. The van der Waals surface area contributed by atoms with Crippen LogP contribution in [0.25, 0.3) is 0 Å². The molecule has 2 atom stereocenters. The molecule has 2 fully saturated rings. The normalized spacial score (nSPS) is 26.4. The Morgan fingerprint density at radius 1 is 1.45 bits per heavy atom. The number of hydrogen-bond acceptors (Lipinski definition) is 4. The Labute approximate surface area is 116 Å². The number of piperidine rings is 1. The van der Waals surface area contributed by atoms with Crippen molar-refractivity contribution in [2.45, 2.75) is 25.4 Å². The van der Waals surface area contributed by atoms with Gasteiger partial charge in [0.2, 0.25) is 5.82 Å². The van der Waals surface area contributed by atoms with Crippen LogP contribution in [0.15, 0.2) is 18.2 Å². The fraction of sp³-hybridized carbons (Fsp3) is 0.571. The number of likely N-dealkylation sites (tertiary alicyclic amines) is 1. The van der Waals surface area contributed by atoms with Gasteiger partial charge in [0.15, 0.2) is 0 Å². The Bertz CT molecular complexity index is 509. The number of fused-ring (bicyclic) bond motifs is 1. The Morgan fingerprint density at radius 2 is 2.30 bits per heavy atom. The van der Waals surface area contributed by atoms with E-state index in [1.54, 1.807) is 6.07 Å². The van der Waals surface area contributed by atoms with Gasteiger partial charge in [-0.2, -0.15) is 4.39 Å². The smallest absolute Gasteiger partial charge is 0.304 e. The third-order valence-electron chi connectivity index (χ3n) is 4.29. The number of nitro benzene ring substituents is 1. The molecule has 0 amide bonds. The van der Waals surface area contributed by atoms with Crippen molar-refractivity contribution in [1.82, 2.24) is 10.2 Å². The predicted octanol–water partition coefficient (Wildman–Crippen LogP) is 1.92. The fourth-order valence-electron chi connectivity index (χ4n) is 3.32. The van der Waals surface area contributed by atoms with Gasteiger partial charge in [-0.25, -0.2) is 0 Å². The van der Waals surface area contributed by atoms with Gasteiger partial charge < -0.3 is 5.32 Å². The molecule has 0 aromatic heterocycles. The van der Waals surface area contributed by atoms with Crippen LogP contribution in [-0.2, 0) is 6.54 Å². The Kier molecular flexibility index (Phi) is 3.67. The zero-order valence-electron chi connectivity index (χ0n) is 11.2. The molecule has 6 heteroatoms. The average Bonchev–Trinajstić information content (AvgIpc) is 2.80. The molecule has 20 heavy (non-hydrogen) atoms. The zero-order chi connectivity index (χ0) is 14.1. The van der Waals surface area contributed by atoms with Crippen LogP contribution >= 0.6 is 0 Å². The summed E-state index contributed by atoms with van der Waals surface area (Å²) < 4.78 is 13.6. The minimum Gasteiger partial charge on any atom is -0.312 e. The van der Waals surface area contributed by atoms with Crippen LogP contribution in [0.4, 0.5) is 10.1 Å². The van der Waals surface area contributed by atoms with Crippen molar-refractivity contribution in [3.05, 3.63) is 39.7 Å². The topological polar surface area (TPSA) is 58.4 Å². The second kappa shape index (κ2) is 5.46. The highest BCUT2D eigenvalue weighted by Crippen LogP contribution is 2.27. The molecule has 0 spiro atoms. The van der Waals surface area contributed by atoms with Gasteiger partial charge >= 0.3 is 5.69 Å². The number of benzene rings is 1. The number of nitro groups is 1. The molecule has 2 heterocycles. The maximum Gasteiger partial charge on any atom is 0.304 e. The molecule has 1 aromatic carbocycles. The van der Waals surface area contributed by atoms with Crippen molar-refractivity contribution in [2.24, 2.45) is 5.92 Å². The van der Waals surface area contributed by atoms with Crippen LogP contribution < -0.4 is 5.32 Å². The van der Waals surface area contributed by atoms with Crippen molar-refractivity contribution >= 4 is 5.69 Å². The van der Waals surface area contributed by atoms with Gasteiger partial charge in [-0.1, -0.05) is 6.07 Å². The highest BCUT2D eigenvalue weighted by molar-refractivity contribution is 5.35. The average molecular weight is 279 g/mol. The van der Waals surface area contributed by atoms with Crippen molar-refractivity contribution in [2.75, 3.05) is 19.6 Å². The van der Waals surface area contributed by atoms with E-state index in [2.05, 4.69) is 10.2 Å². The maximum absolute atomic E-state index is 13.6. The monoisotopic (exact) mass is 279 g/mol. The summed E-state index contributed by atoms with van der Waals surface area (Å²) in [7, 11) is 0. The number of rotatable bonds is 3. The van der Waals surface area contributed by atoms with E-state index in [9.17, 15) is 14.5 Å². The quantitative estimate of drug-likeness (QED) is 0.678. The summed E-state index contributed by atoms with van der Waals surface area (Å²) in [6, 6.07) is 4.74. The van der Waals surface area contributed by atoms with Gasteiger partial charge in [0.1, 0.15) is 0 Å². The van der Waals surface area contributed by atoms with Crippen molar-refractivity contribution < 1.29 is 9.31 Å². The van der Waals surface area contributed by atoms with Gasteiger partial charge in [0.05, 0.1) is 4.92 Å². The predicted molar refractivity (Wildman–Crippen MR) is 72.8 cm³/mol. The van der Waals surface area contributed by atoms with Gasteiger partial charge in [-0.05, 0) is 36.9 Å². The molecule has 0 radical (unpaired) electrons. The third-order valence-corrected chi connectivity index (χ3v) is 4.29. The number of nitrogens with zero attached hydrogens (tertiary/aromatic N) is 2. The van der Waals surface area contributed by atoms with Gasteiger partial charge in [0, 0.05) is 31.7 Å². The SMILES string of the molecule is O=[N+]([O-])c1ccc(CN2C[C@@H]3CCCN[C@@H]3C2)cc1F. The summed E-state index contributed by atoms with van der Waals surface area (Å²) >= 11 is 0. The Hall–Kier alpha value is -1.53. The van der Waals surface area contributed by atoms with Crippen molar-refractivity contribution in [3.63, 3.8) is 0 Å². The molecule has 0 bridgehead atoms. The summed E-state index contributed by atoms with van der Waals surface area (Å²) in [4.78, 5) is 12.2. The van der Waals surface area contributed by atoms with E-state index in [1.165, 1.54) is 25.0 Å². The van der Waals surface area contributed by atoms with Crippen LogP contribution in [-0.4, -0.2) is 35.5 Å². The van der Waals surface area contributed by atoms with Crippen molar-refractivity contribution in [3.8, 4) is 0 Å². The van der Waals surface area contributed by atoms with E-state index in [-0.39, 0.29) is 0 Å². The second-order valence-corrected chi connectivity index (χ2v) is 5.70. The van der Waals surface area contributed by atoms with Crippen LogP contribution in [0.1, 0.15) is 18.4 Å². The molecular formula is C14H18FN3O2. The molecule has 2 saturated heterocycles. The molecular weight excluding hydrogens is 261 g/mol. The van der Waals surface area contributed by atoms with Gasteiger partial charge in [-0.3, -0.25) is 15.0 Å². The largest absolute Gasteiger partial charge is 0.312 e. The minimum absolute atomic E-state index is 0.453. The lowest BCUT2D eigenvalue weighted by Gasteiger charge is -2.24. The highest BCUT2D eigenvalue weighted by Gasteiger charge is 2.34. The lowest BCUT2D eigenvalue weighted by Crippen LogP contribution is -2.40. The summed E-state index contributed by atoms with van der Waals surface area (Å²) in [6.07, 6.45) is 2.48. The lowest BCUT2D eigenvalue weighted by molar-refractivity contribution is -0.387. The standard InChI is InChI=1S/C14H18FN3O2/c15-12-6-10(3-4-14(12)18(19)20)7-17-8-11-2-1-5-16-13(11)9-17/h3-4,6,11,13,16H,1-2,5,7-9H2/t11-,13+/m0/s1. The number of hydrogen-bond donors (Lipinski definition) is 1. The Balaban J connectivity index is 1.66. The molecule has 1 aromatic rings. The fourth-order valence-corrected chi connectivity index (χ4v) is 3.32. The molecule has 0 unspecified atom stereocenters. The molecule has 1 N–H and O–H groups in total. The van der Waals surface area contributed by atoms with Crippen LogP contribution in [0.2, 0.25) is 0 Å². The third kappa shape index (κ3) is 2.66. The van der Waals surface area contributed by atoms with Crippen LogP contribution in [0, 0.1) is 21.8 Å². The van der Waals surface area contributed by atoms with E-state index in [0.29, 0.717) is 18.5 Å². The van der Waals surface area contributed by atoms with E-state index in [4.69, 9.17) is 0 Å². The first-order chi connectivity index (χ1) is 9.63. The van der Waals surface area contributed by atoms with Gasteiger partial charge in [0.25, 0.3) is 0 Å². The summed E-state index contributed by atoms with van der Waals surface area (Å²) in [5.41, 5.74) is 0.345. The zero-order valence-corrected chi connectivity index (χ0v) is 11.2. The molecule has 3 rings (SSSR count). The lowest BCUT2D eigenvalue weighted by atomic mass is 9.94. The van der Waals surface area contributed by atoms with E-state index >= 15 is 0 Å². The van der Waals surface area contributed by atoms with Crippen molar-refractivity contribution in [1.29, 1.82) is 0 Å². The van der Waals surface area contributed by atoms with E-state index in [0.717, 1.165) is 25.2 Å². The summed E-state index contributed by atoms with van der Waals surface area (Å²) in [6.45, 7) is 3.74. The first-order valence-corrected chi connectivity index (χ1v) is 7.02. The first kappa shape index (κ1) is 13.5. The number of nitrogens with one attached hydrogen (secondary N) is 1. The second-order valence-electron chi connectivity index (χ2n) is 5.70. The van der Waals surface area contributed by atoms with E-state index in [1.807, 2.05) is 0 Å². The summed E-state index contributed by atoms with van der Waals surface area (Å²) in [5.74, 6) is -0.0612. The minimum atomic E-state index is -0.748. The van der Waals surface area contributed by atoms with Crippen LogP contribution in [0.3, 0.4) is 0 Å². The molecule has 2 aliphatic rings. The molecule has 2 aliphatic heterocycles. The maximum atomic E-state index is 13.6. The number of halogens is 1. The molecule has 5 nitrogen and oxygen atoms in total. The van der Waals surface area contributed by atoms with E-state index < -0.39 is 16.4 Å². The molecule has 0 saturated carbocycles. The van der Waals surface area contributed by atoms with Crippen LogP contribution in [0.5, 0.6) is 0 Å². The highest BCUT2D eigenvalue weighted by atomic mass is 19.1.